The van der Waals surface area contributed by atoms with Crippen LogP contribution in [0.5, 0.6) is 0 Å². The fourth-order valence-electron chi connectivity index (χ4n) is 1.76. The van der Waals surface area contributed by atoms with Crippen molar-refractivity contribution in [2.45, 2.75) is 51.6 Å². The molecule has 11 heavy (non-hydrogen) atoms. The molecule has 0 saturated heterocycles. The fraction of sp³-hybridized carbons (Fsp3) is 1.00. The lowest BCUT2D eigenvalue weighted by Gasteiger charge is -2.38. The zero-order chi connectivity index (χ0) is 9.28. The van der Waals surface area contributed by atoms with E-state index in [4.69, 9.17) is 11.6 Å². The Bertz CT molecular complexity index is 105. The Morgan fingerprint density at radius 2 is 1.18 bits per heavy atom. The van der Waals surface area contributed by atoms with Gasteiger partial charge in [0.1, 0.15) is 0 Å². The van der Waals surface area contributed by atoms with E-state index < -0.39 is 8.80 Å². The maximum atomic E-state index is 6.00. The Morgan fingerprint density at radius 1 is 0.909 bits per heavy atom. The number of halogens is 1. The highest BCUT2D eigenvalue weighted by Crippen LogP contribution is 2.42. The Hall–Kier alpha value is 0.507. The Kier molecular flexibility index (Phi) is 3.65. The molecule has 0 aliphatic heterocycles. The number of hydrogen-bond acceptors (Lipinski definition) is 0. The predicted octanol–water partition coefficient (Wildman–Crippen LogP) is 3.59. The molecule has 0 unspecified atom stereocenters. The van der Waals surface area contributed by atoms with Gasteiger partial charge in [-0.1, -0.05) is 41.5 Å². The molecular formula is C9H21ClSi. The lowest BCUT2D eigenvalue weighted by Crippen LogP contribution is -2.37. The maximum Gasteiger partial charge on any atom is 0.0647 e. The van der Waals surface area contributed by atoms with Gasteiger partial charge in [-0.05, 0) is 10.1 Å². The van der Waals surface area contributed by atoms with Crippen molar-refractivity contribution < 1.29 is 0 Å². The highest BCUT2D eigenvalue weighted by Gasteiger charge is 2.35. The first-order valence-electron chi connectivity index (χ1n) is 4.25. The highest BCUT2D eigenvalue weighted by atomic mass is 35.5. The zero-order valence-corrected chi connectivity index (χ0v) is 10.6. The summed E-state index contributed by atoms with van der Waals surface area (Å²) >= 11 is 6.00. The van der Waals surface area contributed by atoms with Gasteiger partial charge in [0.25, 0.3) is 0 Å². The Labute approximate surface area is 77.9 Å². The van der Waals surface area contributed by atoms with Crippen molar-refractivity contribution in [1.82, 2.24) is 0 Å². The molecule has 0 rings (SSSR count). The molecule has 0 aromatic heterocycles. The number of rotatable bonds is 1. The van der Waals surface area contributed by atoms with E-state index >= 15 is 0 Å². The van der Waals surface area contributed by atoms with Crippen molar-refractivity contribution in [2.75, 3.05) is 5.50 Å². The van der Waals surface area contributed by atoms with Gasteiger partial charge >= 0.3 is 0 Å². The van der Waals surface area contributed by atoms with E-state index in [1.807, 2.05) is 0 Å². The number of hydrogen-bond donors (Lipinski definition) is 0. The Balaban J connectivity index is 4.43. The molecule has 0 fully saturated rings. The third kappa shape index (κ3) is 3.61. The summed E-state index contributed by atoms with van der Waals surface area (Å²) in [5.41, 5.74) is 0.896. The molecule has 2 heteroatoms. The molecule has 0 radical (unpaired) electrons. The molecule has 0 amide bonds. The van der Waals surface area contributed by atoms with E-state index in [-0.39, 0.29) is 0 Å². The molecule has 0 saturated carbocycles. The van der Waals surface area contributed by atoms with Crippen LogP contribution < -0.4 is 0 Å². The first-order chi connectivity index (χ1) is 4.69. The van der Waals surface area contributed by atoms with Crippen molar-refractivity contribution in [3.8, 4) is 0 Å². The minimum Gasteiger partial charge on any atom is -0.130 e. The summed E-state index contributed by atoms with van der Waals surface area (Å²) in [7, 11) is -0.824. The molecular weight excluding hydrogens is 172 g/mol. The zero-order valence-electron chi connectivity index (χ0n) is 8.66. The van der Waals surface area contributed by atoms with Gasteiger partial charge in [0.2, 0.25) is 0 Å². The maximum absolute atomic E-state index is 6.00. The van der Waals surface area contributed by atoms with Gasteiger partial charge in [-0.3, -0.25) is 0 Å². The third-order valence-corrected chi connectivity index (χ3v) is 7.66. The fourth-order valence-corrected chi connectivity index (χ4v) is 8.06. The summed E-state index contributed by atoms with van der Waals surface area (Å²) in [5, 5.41) is 0.917. The van der Waals surface area contributed by atoms with Gasteiger partial charge in [-0.15, -0.1) is 11.6 Å². The SMILES string of the molecule is CC(C)(C)[SiH](CCl)C(C)(C)C. The average molecular weight is 193 g/mol. The van der Waals surface area contributed by atoms with Gasteiger partial charge in [0.05, 0.1) is 8.80 Å². The molecule has 0 N–H and O–H groups in total. The molecule has 68 valence electrons. The van der Waals surface area contributed by atoms with Gasteiger partial charge in [-0.2, -0.15) is 0 Å². The Morgan fingerprint density at radius 3 is 1.18 bits per heavy atom. The van der Waals surface area contributed by atoms with Crippen LogP contribution in [0.1, 0.15) is 41.5 Å². The summed E-state index contributed by atoms with van der Waals surface area (Å²) in [6.07, 6.45) is 0. The van der Waals surface area contributed by atoms with Crippen molar-refractivity contribution >= 4 is 20.4 Å². The average Bonchev–Trinajstić information content (AvgIpc) is 1.56. The number of alkyl halides is 1. The van der Waals surface area contributed by atoms with Gasteiger partial charge in [0, 0.05) is 5.50 Å². The summed E-state index contributed by atoms with van der Waals surface area (Å²) in [6, 6.07) is 0. The summed E-state index contributed by atoms with van der Waals surface area (Å²) < 4.78 is 0. The van der Waals surface area contributed by atoms with Gasteiger partial charge in [-0.25, -0.2) is 0 Å². The van der Waals surface area contributed by atoms with Crippen LogP contribution in [0.4, 0.5) is 0 Å². The molecule has 0 spiro atoms. The second-order valence-corrected chi connectivity index (χ2v) is 11.2. The van der Waals surface area contributed by atoms with E-state index in [2.05, 4.69) is 41.5 Å². The van der Waals surface area contributed by atoms with Crippen LogP contribution in [0, 0.1) is 0 Å². The quantitative estimate of drug-likeness (QED) is 0.440. The summed E-state index contributed by atoms with van der Waals surface area (Å²) in [5.74, 6) is 0. The van der Waals surface area contributed by atoms with Gasteiger partial charge in [0.15, 0.2) is 0 Å². The van der Waals surface area contributed by atoms with E-state index in [0.717, 1.165) is 5.50 Å². The summed E-state index contributed by atoms with van der Waals surface area (Å²) in [6.45, 7) is 13.9. The molecule has 0 nitrogen and oxygen atoms in total. The normalized spacial score (nSPS) is 14.2. The lowest BCUT2D eigenvalue weighted by atomic mass is 10.2. The van der Waals surface area contributed by atoms with E-state index in [9.17, 15) is 0 Å². The standard InChI is InChI=1S/C9H21ClSi/c1-8(2,3)11(7-10)9(4,5)6/h11H,7H2,1-6H3. The minimum absolute atomic E-state index is 0.458. The van der Waals surface area contributed by atoms with Crippen LogP contribution >= 0.6 is 11.6 Å². The predicted molar refractivity (Wildman–Crippen MR) is 57.3 cm³/mol. The van der Waals surface area contributed by atoms with Crippen LogP contribution in [0.2, 0.25) is 10.1 Å². The second-order valence-electron chi connectivity index (χ2n) is 5.44. The summed E-state index contributed by atoms with van der Waals surface area (Å²) in [4.78, 5) is 0. The van der Waals surface area contributed by atoms with Crippen molar-refractivity contribution in [2.24, 2.45) is 0 Å². The van der Waals surface area contributed by atoms with E-state index in [0.29, 0.717) is 10.1 Å². The topological polar surface area (TPSA) is 0 Å². The molecule has 0 aromatic carbocycles. The highest BCUT2D eigenvalue weighted by molar-refractivity contribution is 6.72. The molecule has 0 aliphatic rings. The van der Waals surface area contributed by atoms with Crippen LogP contribution in [0.25, 0.3) is 0 Å². The second kappa shape index (κ2) is 3.49. The smallest absolute Gasteiger partial charge is 0.0647 e. The largest absolute Gasteiger partial charge is 0.130 e. The molecule has 0 atom stereocenters. The molecule has 0 heterocycles. The van der Waals surface area contributed by atoms with Crippen LogP contribution in [0.15, 0.2) is 0 Å². The first-order valence-corrected chi connectivity index (χ1v) is 6.76. The van der Waals surface area contributed by atoms with Crippen molar-refractivity contribution in [3.63, 3.8) is 0 Å². The van der Waals surface area contributed by atoms with Crippen molar-refractivity contribution in [1.29, 1.82) is 0 Å². The van der Waals surface area contributed by atoms with E-state index in [1.165, 1.54) is 0 Å². The molecule has 0 bridgehead atoms. The van der Waals surface area contributed by atoms with Crippen LogP contribution in [-0.4, -0.2) is 14.3 Å². The third-order valence-electron chi connectivity index (χ3n) is 2.25. The van der Waals surface area contributed by atoms with E-state index in [1.54, 1.807) is 0 Å². The first kappa shape index (κ1) is 11.5. The molecule has 0 aromatic rings. The van der Waals surface area contributed by atoms with Crippen molar-refractivity contribution in [3.05, 3.63) is 0 Å². The van der Waals surface area contributed by atoms with Crippen LogP contribution in [-0.2, 0) is 0 Å². The van der Waals surface area contributed by atoms with Crippen LogP contribution in [0.3, 0.4) is 0 Å². The van der Waals surface area contributed by atoms with Gasteiger partial charge < -0.3 is 0 Å². The minimum atomic E-state index is -0.824. The monoisotopic (exact) mass is 192 g/mol. The molecule has 0 aliphatic carbocycles. The lowest BCUT2D eigenvalue weighted by molar-refractivity contribution is 0.645.